The summed E-state index contributed by atoms with van der Waals surface area (Å²) in [5.41, 5.74) is 1.17. The smallest absolute Gasteiger partial charge is 0.0551 e. The Balaban J connectivity index is 2.46. The van der Waals surface area contributed by atoms with E-state index in [1.54, 1.807) is 0 Å². The Morgan fingerprint density at radius 3 is 3.25 bits per heavy atom. The molecule has 3 heteroatoms. The van der Waals surface area contributed by atoms with Gasteiger partial charge in [0.2, 0.25) is 0 Å². The molecular formula is C9H10N2S. The van der Waals surface area contributed by atoms with E-state index >= 15 is 0 Å². The van der Waals surface area contributed by atoms with Crippen molar-refractivity contribution in [3.63, 3.8) is 0 Å². The molecule has 0 aliphatic heterocycles. The number of hydrogen-bond donors (Lipinski definition) is 1. The third-order valence-corrected chi connectivity index (χ3v) is 2.51. The summed E-state index contributed by atoms with van der Waals surface area (Å²) < 4.78 is 5.36. The first kappa shape index (κ1) is 7.55. The first-order chi connectivity index (χ1) is 5.90. The molecule has 0 aliphatic rings. The zero-order valence-electron chi connectivity index (χ0n) is 6.87. The molecule has 0 amide bonds. The second-order valence-electron chi connectivity index (χ2n) is 2.61. The Hall–Kier alpha value is -1.09. The quantitative estimate of drug-likeness (QED) is 0.764. The SMILES string of the molecule is CCNc1ccc2sncc2c1. The van der Waals surface area contributed by atoms with Crippen molar-refractivity contribution in [3.8, 4) is 0 Å². The van der Waals surface area contributed by atoms with E-state index in [-0.39, 0.29) is 0 Å². The van der Waals surface area contributed by atoms with Crippen LogP contribution in [-0.2, 0) is 0 Å². The highest BCUT2D eigenvalue weighted by Crippen LogP contribution is 2.21. The van der Waals surface area contributed by atoms with E-state index in [4.69, 9.17) is 0 Å². The van der Waals surface area contributed by atoms with Crippen LogP contribution in [0.4, 0.5) is 5.69 Å². The summed E-state index contributed by atoms with van der Waals surface area (Å²) in [5.74, 6) is 0. The molecule has 0 bridgehead atoms. The van der Waals surface area contributed by atoms with Crippen LogP contribution in [0.25, 0.3) is 10.1 Å². The fraction of sp³-hybridized carbons (Fsp3) is 0.222. The van der Waals surface area contributed by atoms with E-state index in [9.17, 15) is 0 Å². The average molecular weight is 178 g/mol. The maximum absolute atomic E-state index is 4.12. The Labute approximate surface area is 75.4 Å². The van der Waals surface area contributed by atoms with Crippen molar-refractivity contribution >= 4 is 27.3 Å². The molecule has 0 saturated carbocycles. The monoisotopic (exact) mass is 178 g/mol. The van der Waals surface area contributed by atoms with Crippen molar-refractivity contribution in [2.24, 2.45) is 0 Å². The van der Waals surface area contributed by atoms with E-state index in [0.29, 0.717) is 0 Å². The predicted molar refractivity (Wildman–Crippen MR) is 53.8 cm³/mol. The number of nitrogens with one attached hydrogen (secondary N) is 1. The van der Waals surface area contributed by atoms with Gasteiger partial charge >= 0.3 is 0 Å². The summed E-state index contributed by atoms with van der Waals surface area (Å²) in [7, 11) is 0. The van der Waals surface area contributed by atoms with Crippen molar-refractivity contribution in [2.75, 3.05) is 11.9 Å². The molecule has 2 rings (SSSR count). The highest BCUT2D eigenvalue weighted by atomic mass is 32.1. The standard InChI is InChI=1S/C9H10N2S/c1-2-10-8-3-4-9-7(5-8)6-11-12-9/h3-6,10H,2H2,1H3. The number of anilines is 1. The van der Waals surface area contributed by atoms with Crippen molar-refractivity contribution in [3.05, 3.63) is 24.4 Å². The molecular weight excluding hydrogens is 168 g/mol. The molecule has 0 radical (unpaired) electrons. The minimum absolute atomic E-state index is 0.961. The van der Waals surface area contributed by atoms with Gasteiger partial charge in [-0.1, -0.05) is 0 Å². The van der Waals surface area contributed by atoms with Gasteiger partial charge in [-0.05, 0) is 36.7 Å². The largest absolute Gasteiger partial charge is 0.385 e. The van der Waals surface area contributed by atoms with Crippen molar-refractivity contribution in [1.29, 1.82) is 0 Å². The van der Waals surface area contributed by atoms with Gasteiger partial charge in [0.15, 0.2) is 0 Å². The van der Waals surface area contributed by atoms with Gasteiger partial charge in [-0.2, -0.15) is 4.37 Å². The lowest BCUT2D eigenvalue weighted by molar-refractivity contribution is 1.22. The lowest BCUT2D eigenvalue weighted by Crippen LogP contribution is -1.94. The van der Waals surface area contributed by atoms with Gasteiger partial charge in [-0.3, -0.25) is 0 Å². The van der Waals surface area contributed by atoms with Gasteiger partial charge in [0.25, 0.3) is 0 Å². The first-order valence-corrected chi connectivity index (χ1v) is 4.76. The maximum atomic E-state index is 4.12. The lowest BCUT2D eigenvalue weighted by Gasteiger charge is -2.01. The minimum Gasteiger partial charge on any atom is -0.385 e. The van der Waals surface area contributed by atoms with E-state index < -0.39 is 0 Å². The second kappa shape index (κ2) is 3.11. The Bertz CT molecular complexity index is 381. The molecule has 0 unspecified atom stereocenters. The van der Waals surface area contributed by atoms with Crippen molar-refractivity contribution in [2.45, 2.75) is 6.92 Å². The average Bonchev–Trinajstić information content (AvgIpc) is 2.51. The van der Waals surface area contributed by atoms with E-state index in [0.717, 1.165) is 6.54 Å². The van der Waals surface area contributed by atoms with Gasteiger partial charge in [0.05, 0.1) is 4.70 Å². The maximum Gasteiger partial charge on any atom is 0.0551 e. The molecule has 1 N–H and O–H groups in total. The third-order valence-electron chi connectivity index (χ3n) is 1.73. The predicted octanol–water partition coefficient (Wildman–Crippen LogP) is 2.73. The topological polar surface area (TPSA) is 24.9 Å². The zero-order valence-corrected chi connectivity index (χ0v) is 7.69. The minimum atomic E-state index is 0.961. The fourth-order valence-electron chi connectivity index (χ4n) is 1.19. The zero-order chi connectivity index (χ0) is 8.39. The third kappa shape index (κ3) is 1.28. The number of hydrogen-bond acceptors (Lipinski definition) is 3. The normalized spacial score (nSPS) is 10.4. The van der Waals surface area contributed by atoms with E-state index in [1.165, 1.54) is 27.3 Å². The molecule has 0 saturated heterocycles. The number of benzene rings is 1. The number of fused-ring (bicyclic) bond motifs is 1. The van der Waals surface area contributed by atoms with Gasteiger partial charge < -0.3 is 5.32 Å². The molecule has 0 atom stereocenters. The lowest BCUT2D eigenvalue weighted by atomic mass is 10.2. The van der Waals surface area contributed by atoms with Gasteiger partial charge in [-0.25, -0.2) is 0 Å². The molecule has 62 valence electrons. The van der Waals surface area contributed by atoms with Crippen LogP contribution in [0.15, 0.2) is 24.4 Å². The van der Waals surface area contributed by atoms with Crippen LogP contribution in [0.5, 0.6) is 0 Å². The van der Waals surface area contributed by atoms with E-state index in [2.05, 4.69) is 34.8 Å². The summed E-state index contributed by atoms with van der Waals surface area (Å²) in [6.45, 7) is 3.05. The van der Waals surface area contributed by atoms with Crippen LogP contribution in [0.2, 0.25) is 0 Å². The Morgan fingerprint density at radius 2 is 2.42 bits per heavy atom. The number of nitrogens with zero attached hydrogens (tertiary/aromatic N) is 1. The van der Waals surface area contributed by atoms with Gasteiger partial charge in [0.1, 0.15) is 0 Å². The molecule has 1 aromatic heterocycles. The van der Waals surface area contributed by atoms with E-state index in [1.807, 2.05) is 6.20 Å². The summed E-state index contributed by atoms with van der Waals surface area (Å²) in [6, 6.07) is 6.32. The molecule has 1 heterocycles. The van der Waals surface area contributed by atoms with Gasteiger partial charge in [-0.15, -0.1) is 0 Å². The molecule has 12 heavy (non-hydrogen) atoms. The number of rotatable bonds is 2. The summed E-state index contributed by atoms with van der Waals surface area (Å²) in [4.78, 5) is 0. The number of aromatic nitrogens is 1. The van der Waals surface area contributed by atoms with Crippen LogP contribution >= 0.6 is 11.5 Å². The molecule has 2 nitrogen and oxygen atoms in total. The second-order valence-corrected chi connectivity index (χ2v) is 3.44. The highest BCUT2D eigenvalue weighted by molar-refractivity contribution is 7.13. The fourth-order valence-corrected chi connectivity index (χ4v) is 1.81. The van der Waals surface area contributed by atoms with Crippen LogP contribution in [0.1, 0.15) is 6.92 Å². The molecule has 1 aromatic carbocycles. The van der Waals surface area contributed by atoms with Crippen LogP contribution in [-0.4, -0.2) is 10.9 Å². The molecule has 0 spiro atoms. The van der Waals surface area contributed by atoms with Gasteiger partial charge in [0, 0.05) is 23.8 Å². The first-order valence-electron chi connectivity index (χ1n) is 3.98. The van der Waals surface area contributed by atoms with Crippen molar-refractivity contribution in [1.82, 2.24) is 4.37 Å². The summed E-state index contributed by atoms with van der Waals surface area (Å²) in [5, 5.41) is 4.49. The molecule has 0 fully saturated rings. The summed E-state index contributed by atoms with van der Waals surface area (Å²) >= 11 is 1.54. The van der Waals surface area contributed by atoms with Crippen LogP contribution < -0.4 is 5.32 Å². The van der Waals surface area contributed by atoms with Crippen LogP contribution in [0, 0.1) is 0 Å². The Kier molecular flexibility index (Phi) is 1.96. The van der Waals surface area contributed by atoms with Crippen LogP contribution in [0.3, 0.4) is 0 Å². The highest BCUT2D eigenvalue weighted by Gasteiger charge is 1.96. The molecule has 0 aliphatic carbocycles. The summed E-state index contributed by atoms with van der Waals surface area (Å²) in [6.07, 6.45) is 1.90. The Morgan fingerprint density at radius 1 is 1.50 bits per heavy atom. The van der Waals surface area contributed by atoms with Crippen molar-refractivity contribution < 1.29 is 0 Å². The molecule has 2 aromatic rings.